The van der Waals surface area contributed by atoms with Crippen molar-refractivity contribution in [1.82, 2.24) is 10.2 Å². The fraction of sp³-hybridized carbons (Fsp3) is 0.941. The number of hydrogen-bond donors (Lipinski definition) is 1. The van der Waals surface area contributed by atoms with Crippen LogP contribution in [0.5, 0.6) is 0 Å². The molecule has 1 saturated heterocycles. The van der Waals surface area contributed by atoms with E-state index in [9.17, 15) is 4.79 Å². The van der Waals surface area contributed by atoms with Gasteiger partial charge in [0.2, 0.25) is 5.91 Å². The normalized spacial score (nSPS) is 27.8. The molecule has 122 valence electrons. The molecule has 2 rings (SSSR count). The summed E-state index contributed by atoms with van der Waals surface area (Å²) >= 11 is 0. The average Bonchev–Trinajstić information content (AvgIpc) is 2.93. The minimum atomic E-state index is -0.161. The second kappa shape index (κ2) is 6.66. The number of rotatable bonds is 5. The summed E-state index contributed by atoms with van der Waals surface area (Å²) in [7, 11) is 2.19. The summed E-state index contributed by atoms with van der Waals surface area (Å²) < 4.78 is 5.71. The van der Waals surface area contributed by atoms with Crippen molar-refractivity contribution in [2.75, 3.05) is 26.7 Å². The molecule has 21 heavy (non-hydrogen) atoms. The molecule has 4 nitrogen and oxygen atoms in total. The molecule has 0 unspecified atom stereocenters. The van der Waals surface area contributed by atoms with E-state index in [1.807, 2.05) is 0 Å². The molecule has 0 aromatic heterocycles. The van der Waals surface area contributed by atoms with Crippen molar-refractivity contribution in [2.24, 2.45) is 5.92 Å². The van der Waals surface area contributed by atoms with Crippen LogP contribution in [0.4, 0.5) is 0 Å². The Morgan fingerprint density at radius 3 is 2.57 bits per heavy atom. The highest BCUT2D eigenvalue weighted by Crippen LogP contribution is 2.34. The zero-order chi connectivity index (χ0) is 15.5. The molecule has 1 atom stereocenters. The molecule has 1 amide bonds. The van der Waals surface area contributed by atoms with E-state index in [0.29, 0.717) is 6.61 Å². The summed E-state index contributed by atoms with van der Waals surface area (Å²) in [6, 6.07) is 0. The Labute approximate surface area is 129 Å². The second-order valence-electron chi connectivity index (χ2n) is 7.46. The molecule has 2 aliphatic rings. The first kappa shape index (κ1) is 16.8. The first-order valence-corrected chi connectivity index (χ1v) is 8.51. The van der Waals surface area contributed by atoms with Crippen LogP contribution in [0.3, 0.4) is 0 Å². The lowest BCUT2D eigenvalue weighted by atomic mass is 9.87. The Bertz CT molecular complexity index is 362. The number of amides is 1. The van der Waals surface area contributed by atoms with Crippen LogP contribution in [0.15, 0.2) is 0 Å². The van der Waals surface area contributed by atoms with Crippen LogP contribution >= 0.6 is 0 Å². The number of carbonyl (C=O) groups is 1. The Morgan fingerprint density at radius 2 is 2.00 bits per heavy atom. The Morgan fingerprint density at radius 1 is 1.33 bits per heavy atom. The fourth-order valence-electron chi connectivity index (χ4n) is 3.91. The van der Waals surface area contributed by atoms with E-state index < -0.39 is 0 Å². The molecule has 0 aromatic rings. The van der Waals surface area contributed by atoms with Crippen molar-refractivity contribution in [2.45, 2.75) is 70.4 Å². The number of nitrogens with one attached hydrogen (secondary N) is 1. The smallest absolute Gasteiger partial charge is 0.223 e. The Kier molecular flexibility index (Phi) is 5.31. The van der Waals surface area contributed by atoms with Crippen LogP contribution in [0, 0.1) is 5.92 Å². The topological polar surface area (TPSA) is 41.6 Å². The molecule has 0 aromatic carbocycles. The molecule has 2 fully saturated rings. The first-order valence-electron chi connectivity index (χ1n) is 8.51. The maximum Gasteiger partial charge on any atom is 0.223 e. The zero-order valence-corrected chi connectivity index (χ0v) is 14.2. The number of carbonyl (C=O) groups excluding carboxylic acids is 1. The lowest BCUT2D eigenvalue weighted by Gasteiger charge is -2.39. The van der Waals surface area contributed by atoms with Crippen LogP contribution in [0.25, 0.3) is 0 Å². The molecule has 0 spiro atoms. The molecule has 0 bridgehead atoms. The van der Waals surface area contributed by atoms with Gasteiger partial charge in [-0.3, -0.25) is 9.69 Å². The van der Waals surface area contributed by atoms with Crippen molar-refractivity contribution in [3.63, 3.8) is 0 Å². The molecule has 1 N–H and O–H groups in total. The number of ether oxygens (including phenoxy) is 1. The van der Waals surface area contributed by atoms with Crippen LogP contribution in [0.1, 0.15) is 59.3 Å². The van der Waals surface area contributed by atoms with Gasteiger partial charge in [0.1, 0.15) is 0 Å². The van der Waals surface area contributed by atoms with Crippen LogP contribution in [0.2, 0.25) is 0 Å². The standard InChI is InChI=1S/C17H32N2O2/c1-5-19(4)17(9-6-7-10-17)13-18-15(20)14-8-11-21-16(2,3)12-14/h14H,5-13H2,1-4H3,(H,18,20)/t14-/m0/s1. The van der Waals surface area contributed by atoms with Crippen molar-refractivity contribution in [1.29, 1.82) is 0 Å². The lowest BCUT2D eigenvalue weighted by molar-refractivity contribution is -0.135. The summed E-state index contributed by atoms with van der Waals surface area (Å²) in [6.45, 7) is 8.90. The third-order valence-corrected chi connectivity index (χ3v) is 5.48. The van der Waals surface area contributed by atoms with E-state index in [2.05, 4.69) is 38.0 Å². The van der Waals surface area contributed by atoms with E-state index in [0.717, 1.165) is 25.9 Å². The maximum atomic E-state index is 12.5. The van der Waals surface area contributed by atoms with Gasteiger partial charge in [-0.2, -0.15) is 0 Å². The van der Waals surface area contributed by atoms with Gasteiger partial charge in [-0.25, -0.2) is 0 Å². The summed E-state index contributed by atoms with van der Waals surface area (Å²) in [5, 5.41) is 3.25. The van der Waals surface area contributed by atoms with Gasteiger partial charge in [0.25, 0.3) is 0 Å². The SMILES string of the molecule is CCN(C)C1(CNC(=O)[C@H]2CCOC(C)(C)C2)CCCC1. The van der Waals surface area contributed by atoms with Gasteiger partial charge in [0.15, 0.2) is 0 Å². The Balaban J connectivity index is 1.90. The predicted molar refractivity (Wildman–Crippen MR) is 85.3 cm³/mol. The zero-order valence-electron chi connectivity index (χ0n) is 14.2. The highest BCUT2D eigenvalue weighted by molar-refractivity contribution is 5.78. The lowest BCUT2D eigenvalue weighted by Crippen LogP contribution is -2.53. The Hall–Kier alpha value is -0.610. The molecule has 1 heterocycles. The van der Waals surface area contributed by atoms with Gasteiger partial charge in [0.05, 0.1) is 5.60 Å². The van der Waals surface area contributed by atoms with E-state index in [-0.39, 0.29) is 23.0 Å². The quantitative estimate of drug-likeness (QED) is 0.848. The maximum absolute atomic E-state index is 12.5. The summed E-state index contributed by atoms with van der Waals surface area (Å²) in [5.74, 6) is 0.335. The van der Waals surface area contributed by atoms with Gasteiger partial charge in [0, 0.05) is 24.6 Å². The molecule has 1 aliphatic carbocycles. The molecule has 4 heteroatoms. The number of hydrogen-bond acceptors (Lipinski definition) is 3. The molecule has 1 saturated carbocycles. The van der Waals surface area contributed by atoms with E-state index in [1.54, 1.807) is 0 Å². The highest BCUT2D eigenvalue weighted by Gasteiger charge is 2.38. The summed E-state index contributed by atoms with van der Waals surface area (Å²) in [6.07, 6.45) is 6.66. The molecular weight excluding hydrogens is 264 g/mol. The van der Waals surface area contributed by atoms with Gasteiger partial charge in [-0.1, -0.05) is 19.8 Å². The molecular formula is C17H32N2O2. The fourth-order valence-corrected chi connectivity index (χ4v) is 3.91. The minimum absolute atomic E-state index is 0.110. The third-order valence-electron chi connectivity index (χ3n) is 5.48. The number of nitrogens with zero attached hydrogens (tertiary/aromatic N) is 1. The van der Waals surface area contributed by atoms with E-state index in [4.69, 9.17) is 4.74 Å². The van der Waals surface area contributed by atoms with E-state index in [1.165, 1.54) is 25.7 Å². The van der Waals surface area contributed by atoms with Gasteiger partial charge in [-0.05, 0) is 53.1 Å². The molecule has 1 aliphatic heterocycles. The molecule has 0 radical (unpaired) electrons. The van der Waals surface area contributed by atoms with Crippen LogP contribution in [-0.4, -0.2) is 48.7 Å². The summed E-state index contributed by atoms with van der Waals surface area (Å²) in [4.78, 5) is 14.9. The van der Waals surface area contributed by atoms with E-state index >= 15 is 0 Å². The van der Waals surface area contributed by atoms with Crippen LogP contribution in [-0.2, 0) is 9.53 Å². The third kappa shape index (κ3) is 3.98. The van der Waals surface area contributed by atoms with Crippen LogP contribution < -0.4 is 5.32 Å². The largest absolute Gasteiger partial charge is 0.376 e. The van der Waals surface area contributed by atoms with Crippen molar-refractivity contribution in [3.05, 3.63) is 0 Å². The highest BCUT2D eigenvalue weighted by atomic mass is 16.5. The van der Waals surface area contributed by atoms with Crippen molar-refractivity contribution < 1.29 is 9.53 Å². The van der Waals surface area contributed by atoms with Gasteiger partial charge >= 0.3 is 0 Å². The van der Waals surface area contributed by atoms with Crippen molar-refractivity contribution >= 4 is 5.91 Å². The second-order valence-corrected chi connectivity index (χ2v) is 7.46. The summed E-state index contributed by atoms with van der Waals surface area (Å²) in [5.41, 5.74) is 0.0244. The predicted octanol–water partition coefficient (Wildman–Crippen LogP) is 2.57. The monoisotopic (exact) mass is 296 g/mol. The first-order chi connectivity index (χ1) is 9.88. The van der Waals surface area contributed by atoms with Gasteiger partial charge in [-0.15, -0.1) is 0 Å². The van der Waals surface area contributed by atoms with Crippen molar-refractivity contribution in [3.8, 4) is 0 Å². The van der Waals surface area contributed by atoms with Gasteiger partial charge < -0.3 is 10.1 Å². The average molecular weight is 296 g/mol. The minimum Gasteiger partial charge on any atom is -0.376 e. The number of likely N-dealkylation sites (N-methyl/N-ethyl adjacent to an activating group) is 1.